The van der Waals surface area contributed by atoms with Crippen LogP contribution in [-0.4, -0.2) is 29.7 Å². The summed E-state index contributed by atoms with van der Waals surface area (Å²) in [6, 6.07) is 1.45. The van der Waals surface area contributed by atoms with Crippen LogP contribution >= 0.6 is 0 Å². The summed E-state index contributed by atoms with van der Waals surface area (Å²) < 4.78 is 25.7. The van der Waals surface area contributed by atoms with Crippen molar-refractivity contribution in [2.24, 2.45) is 0 Å². The minimum atomic E-state index is -1.15. The molecule has 5 nitrogen and oxygen atoms in total. The van der Waals surface area contributed by atoms with Gasteiger partial charge in [-0.25, -0.2) is 13.6 Å². The van der Waals surface area contributed by atoms with Gasteiger partial charge in [-0.3, -0.25) is 4.79 Å². The molecule has 1 aromatic carbocycles. The number of carboxylic acid groups (broad SMARTS) is 1. The van der Waals surface area contributed by atoms with Crippen LogP contribution < -0.4 is 10.6 Å². The molecule has 3 N–H and O–H groups in total. The molecule has 0 aromatic heterocycles. The van der Waals surface area contributed by atoms with Gasteiger partial charge in [-0.2, -0.15) is 0 Å². The van der Waals surface area contributed by atoms with E-state index in [-0.39, 0.29) is 13.0 Å². The molecule has 1 atom stereocenters. The molecule has 0 aliphatic heterocycles. The van der Waals surface area contributed by atoms with E-state index in [0.717, 1.165) is 6.07 Å². The number of nitrogens with one attached hydrogen (secondary N) is 2. The Hall–Kier alpha value is -2.18. The zero-order valence-electron chi connectivity index (χ0n) is 10.2. The maximum Gasteiger partial charge on any atom is 0.325 e. The van der Waals surface area contributed by atoms with Crippen LogP contribution in [0.5, 0.6) is 0 Å². The molecule has 0 heterocycles. The molecule has 0 unspecified atom stereocenters. The van der Waals surface area contributed by atoms with E-state index in [1.807, 2.05) is 0 Å². The van der Waals surface area contributed by atoms with E-state index in [0.29, 0.717) is 5.56 Å². The van der Waals surface area contributed by atoms with Gasteiger partial charge in [-0.1, -0.05) is 0 Å². The van der Waals surface area contributed by atoms with Gasteiger partial charge in [-0.05, 0) is 31.0 Å². The highest BCUT2D eigenvalue weighted by Crippen LogP contribution is 2.07. The number of hydrogen-bond acceptors (Lipinski definition) is 2. The van der Waals surface area contributed by atoms with Crippen molar-refractivity contribution in [1.29, 1.82) is 0 Å². The molecular formula is C12H14F2N2O3. The van der Waals surface area contributed by atoms with Crippen molar-refractivity contribution in [1.82, 2.24) is 10.6 Å². The lowest BCUT2D eigenvalue weighted by Crippen LogP contribution is -2.44. The highest BCUT2D eigenvalue weighted by molar-refractivity contribution is 5.82. The fourth-order valence-corrected chi connectivity index (χ4v) is 1.39. The largest absolute Gasteiger partial charge is 0.480 e. The normalized spacial score (nSPS) is 11.7. The second-order valence-electron chi connectivity index (χ2n) is 3.99. The third kappa shape index (κ3) is 5.33. The molecule has 7 heteroatoms. The third-order valence-corrected chi connectivity index (χ3v) is 2.34. The summed E-state index contributed by atoms with van der Waals surface area (Å²) in [5, 5.41) is 13.2. The molecule has 2 amide bonds. The Labute approximate surface area is 108 Å². The average molecular weight is 272 g/mol. The molecule has 1 aromatic rings. The maximum atomic E-state index is 12.9. The van der Waals surface area contributed by atoms with Crippen LogP contribution in [0.2, 0.25) is 0 Å². The Balaban J connectivity index is 2.37. The molecule has 0 aliphatic rings. The van der Waals surface area contributed by atoms with Crippen LogP contribution in [0.25, 0.3) is 0 Å². The Morgan fingerprint density at radius 2 is 1.84 bits per heavy atom. The van der Waals surface area contributed by atoms with Crippen LogP contribution in [-0.2, 0) is 11.2 Å². The fourth-order valence-electron chi connectivity index (χ4n) is 1.39. The summed E-state index contributed by atoms with van der Waals surface area (Å²) >= 11 is 0. The lowest BCUT2D eigenvalue weighted by molar-refractivity contribution is -0.138. The van der Waals surface area contributed by atoms with E-state index < -0.39 is 29.7 Å². The number of carbonyl (C=O) groups is 2. The van der Waals surface area contributed by atoms with Gasteiger partial charge in [0.2, 0.25) is 0 Å². The highest BCUT2D eigenvalue weighted by Gasteiger charge is 2.13. The maximum absolute atomic E-state index is 12.9. The summed E-state index contributed by atoms with van der Waals surface area (Å²) in [6.07, 6.45) is 0.240. The quantitative estimate of drug-likeness (QED) is 0.755. The molecule has 0 saturated carbocycles. The molecular weight excluding hydrogens is 258 g/mol. The molecule has 0 fully saturated rings. The first-order valence-corrected chi connectivity index (χ1v) is 5.60. The smallest absolute Gasteiger partial charge is 0.325 e. The number of amides is 2. The standard InChI is InChI=1S/C12H14F2N2O3/c1-7(11(17)18)16-12(19)15-3-2-8-4-9(13)6-10(14)5-8/h4-7H,2-3H2,1H3,(H,17,18)(H2,15,16,19)/t7-/m0/s1. The Kier molecular flexibility index (Phi) is 5.23. The summed E-state index contributed by atoms with van der Waals surface area (Å²) in [4.78, 5) is 21.7. The predicted octanol–water partition coefficient (Wildman–Crippen LogP) is 1.28. The average Bonchev–Trinajstić information content (AvgIpc) is 2.27. The molecule has 0 saturated heterocycles. The summed E-state index contributed by atoms with van der Waals surface area (Å²) in [6.45, 7) is 1.46. The molecule has 104 valence electrons. The first-order valence-electron chi connectivity index (χ1n) is 5.60. The zero-order valence-corrected chi connectivity index (χ0v) is 10.2. The van der Waals surface area contributed by atoms with Crippen LogP contribution in [0.1, 0.15) is 12.5 Å². The number of benzene rings is 1. The molecule has 0 radical (unpaired) electrons. The highest BCUT2D eigenvalue weighted by atomic mass is 19.1. The van der Waals surface area contributed by atoms with E-state index in [2.05, 4.69) is 10.6 Å². The van der Waals surface area contributed by atoms with E-state index in [9.17, 15) is 18.4 Å². The number of halogens is 2. The number of hydrogen-bond donors (Lipinski definition) is 3. The van der Waals surface area contributed by atoms with Crippen LogP contribution in [0.3, 0.4) is 0 Å². The minimum Gasteiger partial charge on any atom is -0.480 e. The van der Waals surface area contributed by atoms with Crippen molar-refractivity contribution in [3.8, 4) is 0 Å². The molecule has 0 spiro atoms. The Bertz CT molecular complexity index is 460. The predicted molar refractivity (Wildman–Crippen MR) is 63.7 cm³/mol. The number of carbonyl (C=O) groups excluding carboxylic acids is 1. The second kappa shape index (κ2) is 6.67. The van der Waals surface area contributed by atoms with Gasteiger partial charge in [0.15, 0.2) is 0 Å². The zero-order chi connectivity index (χ0) is 14.4. The molecule has 0 aliphatic carbocycles. The van der Waals surface area contributed by atoms with Gasteiger partial charge in [0.25, 0.3) is 0 Å². The van der Waals surface area contributed by atoms with E-state index in [1.54, 1.807) is 0 Å². The van der Waals surface area contributed by atoms with Crippen molar-refractivity contribution < 1.29 is 23.5 Å². The van der Waals surface area contributed by atoms with Crippen molar-refractivity contribution >= 4 is 12.0 Å². The Morgan fingerprint density at radius 3 is 2.37 bits per heavy atom. The van der Waals surface area contributed by atoms with E-state index >= 15 is 0 Å². The molecule has 1 rings (SSSR count). The van der Waals surface area contributed by atoms with E-state index in [4.69, 9.17) is 5.11 Å². The fraction of sp³-hybridized carbons (Fsp3) is 0.333. The Morgan fingerprint density at radius 1 is 1.26 bits per heavy atom. The number of urea groups is 1. The lowest BCUT2D eigenvalue weighted by Gasteiger charge is -2.10. The lowest BCUT2D eigenvalue weighted by atomic mass is 10.1. The van der Waals surface area contributed by atoms with Crippen molar-refractivity contribution in [2.45, 2.75) is 19.4 Å². The van der Waals surface area contributed by atoms with Crippen LogP contribution in [0.4, 0.5) is 13.6 Å². The van der Waals surface area contributed by atoms with Gasteiger partial charge in [0.1, 0.15) is 17.7 Å². The number of rotatable bonds is 5. The van der Waals surface area contributed by atoms with Gasteiger partial charge in [0.05, 0.1) is 0 Å². The summed E-state index contributed by atoms with van der Waals surface area (Å²) in [5.41, 5.74) is 0.407. The third-order valence-electron chi connectivity index (χ3n) is 2.34. The van der Waals surface area contributed by atoms with Crippen molar-refractivity contribution in [3.63, 3.8) is 0 Å². The van der Waals surface area contributed by atoms with Gasteiger partial charge < -0.3 is 15.7 Å². The number of aliphatic carboxylic acids is 1. The minimum absolute atomic E-state index is 0.140. The molecule has 0 bridgehead atoms. The summed E-state index contributed by atoms with van der Waals surface area (Å²) in [7, 11) is 0. The van der Waals surface area contributed by atoms with Crippen molar-refractivity contribution in [2.75, 3.05) is 6.54 Å². The SMILES string of the molecule is C[C@H](NC(=O)NCCc1cc(F)cc(F)c1)C(=O)O. The summed E-state index contributed by atoms with van der Waals surface area (Å²) in [5.74, 6) is -2.51. The van der Waals surface area contributed by atoms with Crippen LogP contribution in [0.15, 0.2) is 18.2 Å². The first kappa shape index (κ1) is 14.9. The second-order valence-corrected chi connectivity index (χ2v) is 3.99. The van der Waals surface area contributed by atoms with Gasteiger partial charge in [0, 0.05) is 12.6 Å². The monoisotopic (exact) mass is 272 g/mol. The van der Waals surface area contributed by atoms with Crippen LogP contribution in [0, 0.1) is 11.6 Å². The number of carboxylic acids is 1. The molecule has 19 heavy (non-hydrogen) atoms. The van der Waals surface area contributed by atoms with Gasteiger partial charge in [-0.15, -0.1) is 0 Å². The van der Waals surface area contributed by atoms with Gasteiger partial charge >= 0.3 is 12.0 Å². The first-order chi connectivity index (χ1) is 8.88. The van der Waals surface area contributed by atoms with Crippen molar-refractivity contribution in [3.05, 3.63) is 35.4 Å². The topological polar surface area (TPSA) is 78.4 Å². The van der Waals surface area contributed by atoms with E-state index in [1.165, 1.54) is 19.1 Å².